The number of carbonyl (C=O) groups is 2. The lowest BCUT2D eigenvalue weighted by molar-refractivity contribution is -0.129. The van der Waals surface area contributed by atoms with Gasteiger partial charge in [0.2, 0.25) is 11.8 Å². The summed E-state index contributed by atoms with van der Waals surface area (Å²) in [5, 5.41) is 6.72. The molecule has 0 aromatic carbocycles. The second-order valence-electron chi connectivity index (χ2n) is 4.73. The first-order valence-corrected chi connectivity index (χ1v) is 6.54. The first-order chi connectivity index (χ1) is 10.5. The lowest BCUT2D eigenvalue weighted by atomic mass is 10.2. The second-order valence-corrected chi connectivity index (χ2v) is 4.73. The van der Waals surface area contributed by atoms with Gasteiger partial charge in [0, 0.05) is 26.5 Å². The molecule has 0 aliphatic carbocycles. The number of hydrogen-bond acceptors (Lipinski definition) is 5. The summed E-state index contributed by atoms with van der Waals surface area (Å²) >= 11 is 0. The van der Waals surface area contributed by atoms with Crippen LogP contribution in [-0.4, -0.2) is 52.7 Å². The van der Waals surface area contributed by atoms with Crippen molar-refractivity contribution in [3.8, 4) is 5.88 Å². The fraction of sp³-hybridized carbons (Fsp3) is 0.286. The molecule has 0 spiro atoms. The van der Waals surface area contributed by atoms with Crippen molar-refractivity contribution < 1.29 is 14.3 Å². The molecule has 22 heavy (non-hydrogen) atoms. The minimum atomic E-state index is -0.358. The largest absolute Gasteiger partial charge is 0.480 e. The molecule has 0 bridgehead atoms. The van der Waals surface area contributed by atoms with Gasteiger partial charge in [-0.25, -0.2) is 4.98 Å². The number of nitrogens with zero attached hydrogens (tertiary/aromatic N) is 4. The maximum absolute atomic E-state index is 12.2. The number of rotatable bonds is 5. The lowest BCUT2D eigenvalue weighted by Gasteiger charge is -2.09. The molecule has 8 heteroatoms. The van der Waals surface area contributed by atoms with Gasteiger partial charge in [0.05, 0.1) is 19.0 Å². The van der Waals surface area contributed by atoms with Crippen molar-refractivity contribution in [3.05, 3.63) is 36.3 Å². The average molecular weight is 303 g/mol. The van der Waals surface area contributed by atoms with Crippen LogP contribution in [0.25, 0.3) is 0 Å². The number of anilines is 1. The van der Waals surface area contributed by atoms with Crippen molar-refractivity contribution in [1.82, 2.24) is 19.7 Å². The van der Waals surface area contributed by atoms with Crippen LogP contribution in [0.4, 0.5) is 5.69 Å². The van der Waals surface area contributed by atoms with Crippen molar-refractivity contribution in [2.24, 2.45) is 0 Å². The quantitative estimate of drug-likeness (QED) is 0.875. The van der Waals surface area contributed by atoms with E-state index in [1.54, 1.807) is 38.6 Å². The van der Waals surface area contributed by atoms with Gasteiger partial charge in [-0.2, -0.15) is 5.10 Å². The van der Waals surface area contributed by atoms with Crippen molar-refractivity contribution in [3.63, 3.8) is 0 Å². The van der Waals surface area contributed by atoms with E-state index in [9.17, 15) is 9.59 Å². The highest BCUT2D eigenvalue weighted by Crippen LogP contribution is 2.16. The predicted octanol–water partition coefficient (Wildman–Crippen LogP) is 0.627. The molecule has 116 valence electrons. The van der Waals surface area contributed by atoms with Gasteiger partial charge in [-0.1, -0.05) is 0 Å². The summed E-state index contributed by atoms with van der Waals surface area (Å²) in [4.78, 5) is 29.2. The maximum atomic E-state index is 12.2. The van der Waals surface area contributed by atoms with E-state index in [4.69, 9.17) is 4.74 Å². The third kappa shape index (κ3) is 3.60. The molecular formula is C14H17N5O3. The number of methoxy groups -OCH3 is 1. The van der Waals surface area contributed by atoms with Gasteiger partial charge in [-0.3, -0.25) is 14.3 Å². The Kier molecular flexibility index (Phi) is 4.72. The molecule has 1 N–H and O–H groups in total. The normalized spacial score (nSPS) is 10.1. The number of ether oxygens (including phenoxy) is 1. The van der Waals surface area contributed by atoms with Gasteiger partial charge in [0.25, 0.3) is 5.91 Å². The predicted molar refractivity (Wildman–Crippen MR) is 79.7 cm³/mol. The molecule has 2 rings (SSSR count). The Bertz CT molecular complexity index is 681. The highest BCUT2D eigenvalue weighted by atomic mass is 16.5. The summed E-state index contributed by atoms with van der Waals surface area (Å²) in [6.07, 6.45) is 4.60. The zero-order valence-corrected chi connectivity index (χ0v) is 12.6. The van der Waals surface area contributed by atoms with E-state index in [0.29, 0.717) is 11.3 Å². The van der Waals surface area contributed by atoms with Gasteiger partial charge < -0.3 is 15.0 Å². The maximum Gasteiger partial charge on any atom is 0.261 e. The molecule has 0 aliphatic rings. The number of aromatic nitrogens is 3. The zero-order valence-electron chi connectivity index (χ0n) is 12.6. The fourth-order valence-corrected chi connectivity index (χ4v) is 1.72. The number of likely N-dealkylation sites (N-methyl/N-ethyl adjacent to an activating group) is 1. The third-order valence-electron chi connectivity index (χ3n) is 2.90. The topological polar surface area (TPSA) is 89.3 Å². The molecule has 0 radical (unpaired) electrons. The molecule has 0 saturated heterocycles. The van der Waals surface area contributed by atoms with Gasteiger partial charge >= 0.3 is 0 Å². The number of nitrogens with one attached hydrogen (secondary N) is 1. The molecular weight excluding hydrogens is 286 g/mol. The van der Waals surface area contributed by atoms with Crippen molar-refractivity contribution in [2.75, 3.05) is 26.5 Å². The summed E-state index contributed by atoms with van der Waals surface area (Å²) in [6.45, 7) is 0.110. The number of carbonyl (C=O) groups excluding carboxylic acids is 2. The Morgan fingerprint density at radius 1 is 1.41 bits per heavy atom. The van der Waals surface area contributed by atoms with Gasteiger partial charge in [-0.15, -0.1) is 0 Å². The van der Waals surface area contributed by atoms with E-state index in [-0.39, 0.29) is 24.2 Å². The number of hydrogen-bond donors (Lipinski definition) is 1. The standard InChI is InChI=1S/C14H17N5O3/c1-18(2)12(20)9-19-8-10(7-16-19)17-13(21)11-5-4-6-15-14(11)22-3/h4-8H,9H2,1-3H3,(H,17,21). The van der Waals surface area contributed by atoms with Gasteiger partial charge in [0.1, 0.15) is 12.1 Å². The van der Waals surface area contributed by atoms with E-state index < -0.39 is 0 Å². The van der Waals surface area contributed by atoms with Crippen molar-refractivity contribution in [2.45, 2.75) is 6.54 Å². The molecule has 0 saturated carbocycles. The molecule has 2 aromatic heterocycles. The number of pyridine rings is 1. The molecule has 2 aromatic rings. The Labute approximate surface area is 127 Å². The second kappa shape index (κ2) is 6.70. The minimum absolute atomic E-state index is 0.0881. The van der Waals surface area contributed by atoms with E-state index in [1.165, 1.54) is 22.9 Å². The molecule has 0 unspecified atom stereocenters. The van der Waals surface area contributed by atoms with Crippen LogP contribution < -0.4 is 10.1 Å². The van der Waals surface area contributed by atoms with Crippen LogP contribution in [0, 0.1) is 0 Å². The molecule has 2 amide bonds. The Morgan fingerprint density at radius 2 is 2.18 bits per heavy atom. The summed E-state index contributed by atoms with van der Waals surface area (Å²) in [5.74, 6) is -0.200. The van der Waals surface area contributed by atoms with E-state index in [1.807, 2.05) is 0 Å². The SMILES string of the molecule is COc1ncccc1C(=O)Nc1cnn(CC(=O)N(C)C)c1. The monoisotopic (exact) mass is 303 g/mol. The van der Waals surface area contributed by atoms with Gasteiger partial charge in [-0.05, 0) is 12.1 Å². The lowest BCUT2D eigenvalue weighted by Crippen LogP contribution is -2.26. The smallest absolute Gasteiger partial charge is 0.261 e. The van der Waals surface area contributed by atoms with Crippen molar-refractivity contribution in [1.29, 1.82) is 0 Å². The van der Waals surface area contributed by atoms with Crippen LogP contribution in [0.3, 0.4) is 0 Å². The highest BCUT2D eigenvalue weighted by Gasteiger charge is 2.14. The van der Waals surface area contributed by atoms with Crippen LogP contribution in [-0.2, 0) is 11.3 Å². The molecule has 2 heterocycles. The Morgan fingerprint density at radius 3 is 2.86 bits per heavy atom. The molecule has 0 atom stereocenters. The molecule has 0 fully saturated rings. The van der Waals surface area contributed by atoms with Gasteiger partial charge in [0.15, 0.2) is 0 Å². The van der Waals surface area contributed by atoms with Crippen LogP contribution >= 0.6 is 0 Å². The average Bonchev–Trinajstić information content (AvgIpc) is 2.94. The van der Waals surface area contributed by atoms with E-state index in [2.05, 4.69) is 15.4 Å². The summed E-state index contributed by atoms with van der Waals surface area (Å²) in [7, 11) is 4.79. The van der Waals surface area contributed by atoms with Crippen molar-refractivity contribution >= 4 is 17.5 Å². The summed E-state index contributed by atoms with van der Waals surface area (Å²) in [6, 6.07) is 3.26. The fourth-order valence-electron chi connectivity index (χ4n) is 1.72. The first-order valence-electron chi connectivity index (χ1n) is 6.54. The minimum Gasteiger partial charge on any atom is -0.480 e. The highest BCUT2D eigenvalue weighted by molar-refractivity contribution is 6.05. The van der Waals surface area contributed by atoms with Crippen LogP contribution in [0.1, 0.15) is 10.4 Å². The Balaban J connectivity index is 2.06. The third-order valence-corrected chi connectivity index (χ3v) is 2.90. The summed E-state index contributed by atoms with van der Waals surface area (Å²) in [5.41, 5.74) is 0.810. The van der Waals surface area contributed by atoms with Crippen LogP contribution in [0.2, 0.25) is 0 Å². The van der Waals surface area contributed by atoms with E-state index in [0.717, 1.165) is 0 Å². The zero-order chi connectivity index (χ0) is 16.1. The van der Waals surface area contributed by atoms with Crippen LogP contribution in [0.15, 0.2) is 30.7 Å². The molecule has 0 aliphatic heterocycles. The Hall–Kier alpha value is -2.90. The first kappa shape index (κ1) is 15.5. The van der Waals surface area contributed by atoms with Crippen LogP contribution in [0.5, 0.6) is 5.88 Å². The summed E-state index contributed by atoms with van der Waals surface area (Å²) < 4.78 is 6.50. The molecule has 8 nitrogen and oxygen atoms in total. The number of amides is 2. The van der Waals surface area contributed by atoms with E-state index >= 15 is 0 Å².